The number of azide groups is 1. The van der Waals surface area contributed by atoms with Crippen LogP contribution in [0.4, 0.5) is 4.79 Å². The second-order valence-corrected chi connectivity index (χ2v) is 14.3. The van der Waals surface area contributed by atoms with Crippen LogP contribution in [0.15, 0.2) is 35.4 Å². The lowest BCUT2D eigenvalue weighted by molar-refractivity contribution is -0.124. The lowest BCUT2D eigenvalue weighted by Gasteiger charge is -2.38. The summed E-state index contributed by atoms with van der Waals surface area (Å²) in [4.78, 5) is 29.4. The lowest BCUT2D eigenvalue weighted by atomic mass is 9.94. The Labute approximate surface area is 185 Å². The van der Waals surface area contributed by atoms with Crippen molar-refractivity contribution in [2.45, 2.75) is 76.9 Å². The Bertz CT molecular complexity index is 803. The average molecular weight is 447 g/mol. The van der Waals surface area contributed by atoms with E-state index in [4.69, 9.17) is 14.7 Å². The van der Waals surface area contributed by atoms with Gasteiger partial charge in [-0.15, -0.1) is 0 Å². The summed E-state index contributed by atoms with van der Waals surface area (Å²) in [5.74, 6) is -0.261. The Kier molecular flexibility index (Phi) is 8.67. The van der Waals surface area contributed by atoms with E-state index in [9.17, 15) is 9.59 Å². The number of piperidine rings is 1. The molecule has 1 amide bonds. The first-order valence-corrected chi connectivity index (χ1v) is 13.6. The molecule has 170 valence electrons. The minimum absolute atomic E-state index is 0.106. The molecular weight excluding hydrogens is 412 g/mol. The quantitative estimate of drug-likeness (QED) is 0.174. The molecule has 8 nitrogen and oxygen atoms in total. The number of amides is 1. The molecule has 2 atom stereocenters. The lowest BCUT2D eigenvalue weighted by Crippen LogP contribution is -2.52. The highest BCUT2D eigenvalue weighted by Crippen LogP contribution is 2.36. The fourth-order valence-electron chi connectivity index (χ4n) is 3.24. The number of carbonyl (C=O) groups excluding carboxylic acids is 2. The smallest absolute Gasteiger partial charge is 0.410 e. The van der Waals surface area contributed by atoms with E-state index in [1.165, 1.54) is 4.90 Å². The van der Waals surface area contributed by atoms with E-state index in [2.05, 4.69) is 43.9 Å². The first-order valence-electron chi connectivity index (χ1n) is 10.7. The molecular formula is C22H34N4O4Si. The third kappa shape index (κ3) is 7.09. The van der Waals surface area contributed by atoms with Crippen molar-refractivity contribution in [2.24, 2.45) is 5.11 Å². The van der Waals surface area contributed by atoms with Gasteiger partial charge >= 0.3 is 6.09 Å². The van der Waals surface area contributed by atoms with Gasteiger partial charge in [0.2, 0.25) is 0 Å². The molecule has 0 unspecified atom stereocenters. The van der Waals surface area contributed by atoms with Crippen LogP contribution in [0.25, 0.3) is 10.4 Å². The highest BCUT2D eigenvalue weighted by Gasteiger charge is 2.38. The van der Waals surface area contributed by atoms with E-state index >= 15 is 0 Å². The van der Waals surface area contributed by atoms with Crippen LogP contribution in [-0.4, -0.2) is 50.3 Å². The maximum Gasteiger partial charge on any atom is 0.410 e. The summed E-state index contributed by atoms with van der Waals surface area (Å²) in [7, 11) is -1.84. The van der Waals surface area contributed by atoms with Crippen LogP contribution in [0.1, 0.15) is 45.6 Å². The molecule has 1 aliphatic rings. The minimum Gasteiger partial charge on any atom is -0.445 e. The SMILES string of the molecule is CC(C)(C)[Si](C)(C)OCCC[C@@H]1C[C@@H](N=[N+]=[N-])C(=O)CN1C(=O)OCc1ccccc1. The number of hydrogen-bond donors (Lipinski definition) is 0. The summed E-state index contributed by atoms with van der Waals surface area (Å²) in [5, 5.41) is 3.76. The molecule has 0 bridgehead atoms. The summed E-state index contributed by atoms with van der Waals surface area (Å²) < 4.78 is 11.7. The van der Waals surface area contributed by atoms with Crippen LogP contribution in [-0.2, 0) is 20.6 Å². The van der Waals surface area contributed by atoms with Crippen LogP contribution in [0, 0.1) is 0 Å². The Morgan fingerprint density at radius 1 is 1.29 bits per heavy atom. The van der Waals surface area contributed by atoms with Crippen LogP contribution < -0.4 is 0 Å². The van der Waals surface area contributed by atoms with Gasteiger partial charge in [0.05, 0.1) is 12.6 Å². The van der Waals surface area contributed by atoms with Crippen LogP contribution in [0.5, 0.6) is 0 Å². The van der Waals surface area contributed by atoms with Crippen molar-refractivity contribution < 1.29 is 18.8 Å². The van der Waals surface area contributed by atoms with Gasteiger partial charge in [-0.1, -0.05) is 56.2 Å². The van der Waals surface area contributed by atoms with Crippen molar-refractivity contribution in [3.05, 3.63) is 46.3 Å². The Balaban J connectivity index is 1.99. The molecule has 31 heavy (non-hydrogen) atoms. The number of hydrogen-bond acceptors (Lipinski definition) is 5. The summed E-state index contributed by atoms with van der Waals surface area (Å²) in [5.41, 5.74) is 9.65. The van der Waals surface area contributed by atoms with E-state index in [1.54, 1.807) is 0 Å². The second-order valence-electron chi connectivity index (χ2n) is 9.50. The molecule has 2 rings (SSSR count). The molecule has 1 fully saturated rings. The average Bonchev–Trinajstić information content (AvgIpc) is 2.71. The number of nitrogens with zero attached hydrogens (tertiary/aromatic N) is 4. The van der Waals surface area contributed by atoms with Gasteiger partial charge in [0, 0.05) is 17.6 Å². The van der Waals surface area contributed by atoms with Crippen molar-refractivity contribution in [2.75, 3.05) is 13.2 Å². The number of benzene rings is 1. The molecule has 1 aliphatic heterocycles. The molecule has 1 aromatic rings. The van der Waals surface area contributed by atoms with Crippen molar-refractivity contribution in [3.8, 4) is 0 Å². The fraction of sp³-hybridized carbons (Fsp3) is 0.636. The number of rotatable bonds is 8. The zero-order chi connectivity index (χ0) is 23.1. The summed E-state index contributed by atoms with van der Waals surface area (Å²) in [6.07, 6.45) is 1.19. The number of ether oxygens (including phenoxy) is 1. The zero-order valence-corrected chi connectivity index (χ0v) is 20.2. The molecule has 0 aromatic heterocycles. The monoisotopic (exact) mass is 446 g/mol. The highest BCUT2D eigenvalue weighted by atomic mass is 28.4. The summed E-state index contributed by atoms with van der Waals surface area (Å²) in [6, 6.07) is 8.43. The first kappa shape index (κ1) is 24.9. The van der Waals surface area contributed by atoms with E-state index in [0.717, 1.165) is 12.0 Å². The zero-order valence-electron chi connectivity index (χ0n) is 19.2. The Morgan fingerprint density at radius 2 is 1.97 bits per heavy atom. The summed E-state index contributed by atoms with van der Waals surface area (Å²) in [6.45, 7) is 11.6. The molecule has 1 heterocycles. The predicted molar refractivity (Wildman–Crippen MR) is 122 cm³/mol. The molecule has 1 aromatic carbocycles. The Hall–Kier alpha value is -2.35. The molecule has 0 aliphatic carbocycles. The van der Waals surface area contributed by atoms with Gasteiger partial charge < -0.3 is 9.16 Å². The number of ketones is 1. The number of carbonyl (C=O) groups is 2. The minimum atomic E-state index is -1.84. The van der Waals surface area contributed by atoms with Gasteiger partial charge in [-0.2, -0.15) is 0 Å². The number of Topliss-reactive ketones (excluding diaryl/α,β-unsaturated/α-hetero) is 1. The third-order valence-electron chi connectivity index (χ3n) is 6.22. The van der Waals surface area contributed by atoms with E-state index in [1.807, 2.05) is 30.3 Å². The molecule has 0 saturated carbocycles. The van der Waals surface area contributed by atoms with Crippen LogP contribution >= 0.6 is 0 Å². The van der Waals surface area contributed by atoms with Crippen molar-refractivity contribution in [1.82, 2.24) is 4.90 Å². The van der Waals surface area contributed by atoms with Gasteiger partial charge in [0.15, 0.2) is 14.1 Å². The van der Waals surface area contributed by atoms with E-state index in [0.29, 0.717) is 19.4 Å². The molecule has 0 radical (unpaired) electrons. The van der Waals surface area contributed by atoms with Gasteiger partial charge in [-0.25, -0.2) is 4.79 Å². The van der Waals surface area contributed by atoms with Gasteiger partial charge in [-0.3, -0.25) is 9.69 Å². The third-order valence-corrected chi connectivity index (χ3v) is 10.8. The van der Waals surface area contributed by atoms with E-state index in [-0.39, 0.29) is 30.0 Å². The maximum atomic E-state index is 12.7. The van der Waals surface area contributed by atoms with Gasteiger partial charge in [0.1, 0.15) is 6.61 Å². The molecule has 0 spiro atoms. The molecule has 1 saturated heterocycles. The van der Waals surface area contributed by atoms with Crippen molar-refractivity contribution in [3.63, 3.8) is 0 Å². The maximum absolute atomic E-state index is 12.7. The normalized spacial score (nSPS) is 19.6. The summed E-state index contributed by atoms with van der Waals surface area (Å²) >= 11 is 0. The largest absolute Gasteiger partial charge is 0.445 e. The predicted octanol–water partition coefficient (Wildman–Crippen LogP) is 5.45. The number of likely N-dealkylation sites (tertiary alicyclic amines) is 1. The van der Waals surface area contributed by atoms with E-state index < -0.39 is 20.5 Å². The topological polar surface area (TPSA) is 105 Å². The fourth-order valence-corrected chi connectivity index (χ4v) is 4.33. The molecule has 0 N–H and O–H groups in total. The van der Waals surface area contributed by atoms with Gasteiger partial charge in [0.25, 0.3) is 0 Å². The Morgan fingerprint density at radius 3 is 2.58 bits per heavy atom. The molecule has 9 heteroatoms. The van der Waals surface area contributed by atoms with Gasteiger partial charge in [-0.05, 0) is 48.5 Å². The first-order chi connectivity index (χ1) is 14.5. The van der Waals surface area contributed by atoms with Crippen LogP contribution in [0.2, 0.25) is 18.1 Å². The van der Waals surface area contributed by atoms with Crippen molar-refractivity contribution in [1.29, 1.82) is 0 Å². The highest BCUT2D eigenvalue weighted by molar-refractivity contribution is 6.74. The van der Waals surface area contributed by atoms with Crippen LogP contribution in [0.3, 0.4) is 0 Å². The second kappa shape index (κ2) is 10.8. The van der Waals surface area contributed by atoms with Crippen molar-refractivity contribution >= 4 is 20.2 Å². The standard InChI is InChI=1S/C22H34N4O4Si/c1-22(2,3)31(4,5)30-13-9-12-18-14-19(24-25-23)20(27)15-26(18)21(28)29-16-17-10-7-6-8-11-17/h6-8,10-11,18-19H,9,12-16H2,1-5H3/t18-,19-/m1/s1.